The van der Waals surface area contributed by atoms with Crippen LogP contribution in [0.1, 0.15) is 30.1 Å². The van der Waals surface area contributed by atoms with Crippen LogP contribution in [0.3, 0.4) is 0 Å². The zero-order chi connectivity index (χ0) is 15.1. The van der Waals surface area contributed by atoms with Gasteiger partial charge in [-0.05, 0) is 18.6 Å². The van der Waals surface area contributed by atoms with Gasteiger partial charge in [-0.25, -0.2) is 4.79 Å². The summed E-state index contributed by atoms with van der Waals surface area (Å²) in [5.41, 5.74) is 5.80. The van der Waals surface area contributed by atoms with Crippen molar-refractivity contribution < 1.29 is 19.5 Å². The summed E-state index contributed by atoms with van der Waals surface area (Å²) in [5.74, 6) is -0.211. The number of carbonyl (C=O) groups excluding carboxylic acids is 2. The van der Waals surface area contributed by atoms with Crippen LogP contribution in [0, 0.1) is 0 Å². The average Bonchev–Trinajstić information content (AvgIpc) is 2.83. The van der Waals surface area contributed by atoms with Crippen LogP contribution in [-0.2, 0) is 4.79 Å². The van der Waals surface area contributed by atoms with Crippen LogP contribution >= 0.6 is 0 Å². The molecule has 0 aliphatic rings. The van der Waals surface area contributed by atoms with Crippen LogP contribution in [-0.4, -0.2) is 28.0 Å². The van der Waals surface area contributed by atoms with Gasteiger partial charge in [0.15, 0.2) is 6.29 Å². The van der Waals surface area contributed by atoms with Crippen LogP contribution in [0.5, 0.6) is 0 Å². The maximum atomic E-state index is 10.8. The number of nitrogens with two attached hydrogens (primary N) is 1. The normalized spacial score (nSPS) is 9.65. The molecule has 1 aromatic carbocycles. The van der Waals surface area contributed by atoms with E-state index in [1.54, 1.807) is 24.3 Å². The van der Waals surface area contributed by atoms with Crippen molar-refractivity contribution >= 4 is 29.2 Å². The predicted molar refractivity (Wildman–Crippen MR) is 74.9 cm³/mol. The van der Waals surface area contributed by atoms with Crippen molar-refractivity contribution in [3.8, 4) is 0 Å². The molecule has 6 heteroatoms. The van der Waals surface area contributed by atoms with Crippen LogP contribution in [0.15, 0.2) is 30.5 Å². The fourth-order valence-electron chi connectivity index (χ4n) is 1.71. The molecule has 0 aliphatic carbocycles. The molecule has 0 unspecified atom stereocenters. The van der Waals surface area contributed by atoms with E-state index in [0.29, 0.717) is 29.2 Å². The first-order valence-electron chi connectivity index (χ1n) is 6.08. The van der Waals surface area contributed by atoms with E-state index < -0.39 is 6.09 Å². The molecule has 1 amide bonds. The molecule has 20 heavy (non-hydrogen) atoms. The van der Waals surface area contributed by atoms with E-state index in [2.05, 4.69) is 0 Å². The molecule has 0 saturated carbocycles. The highest BCUT2D eigenvalue weighted by molar-refractivity contribution is 5.99. The van der Waals surface area contributed by atoms with Crippen LogP contribution in [0.25, 0.3) is 10.9 Å². The van der Waals surface area contributed by atoms with E-state index in [9.17, 15) is 14.4 Å². The Bertz CT molecular complexity index is 631. The van der Waals surface area contributed by atoms with Gasteiger partial charge in [0.1, 0.15) is 0 Å². The largest absolute Gasteiger partial charge is 0.464 e. The van der Waals surface area contributed by atoms with E-state index in [0.717, 1.165) is 11.0 Å². The summed E-state index contributed by atoms with van der Waals surface area (Å²) >= 11 is 0. The van der Waals surface area contributed by atoms with Crippen molar-refractivity contribution in [1.29, 1.82) is 0 Å². The van der Waals surface area contributed by atoms with Gasteiger partial charge in [-0.15, -0.1) is 0 Å². The topological polar surface area (TPSA) is 102 Å². The van der Waals surface area contributed by atoms with Gasteiger partial charge in [-0.2, -0.15) is 0 Å². The van der Waals surface area contributed by atoms with Crippen molar-refractivity contribution in [2.24, 2.45) is 5.73 Å². The van der Waals surface area contributed by atoms with Gasteiger partial charge in [0.2, 0.25) is 5.91 Å². The molecule has 0 aliphatic heterocycles. The number of nitrogens with zero attached hydrogens (tertiary/aromatic N) is 1. The Morgan fingerprint density at radius 2 is 2.05 bits per heavy atom. The molecule has 0 bridgehead atoms. The number of benzene rings is 1. The summed E-state index contributed by atoms with van der Waals surface area (Å²) in [5, 5.41) is 9.47. The number of carboxylic acid groups (broad SMARTS) is 1. The molecule has 6 nitrogen and oxygen atoms in total. The van der Waals surface area contributed by atoms with E-state index in [4.69, 9.17) is 10.8 Å². The Hall–Kier alpha value is -2.63. The smallest absolute Gasteiger partial charge is 0.415 e. The van der Waals surface area contributed by atoms with Crippen molar-refractivity contribution in [3.63, 3.8) is 0 Å². The highest BCUT2D eigenvalue weighted by atomic mass is 16.4. The van der Waals surface area contributed by atoms with Gasteiger partial charge in [0.25, 0.3) is 0 Å². The third kappa shape index (κ3) is 3.68. The minimum atomic E-state index is -1.05. The number of aromatic nitrogens is 1. The first-order chi connectivity index (χ1) is 9.51. The third-order valence-corrected chi connectivity index (χ3v) is 2.60. The first-order valence-corrected chi connectivity index (χ1v) is 6.08. The molecule has 2 aromatic rings. The Labute approximate surface area is 115 Å². The zero-order valence-corrected chi connectivity index (χ0v) is 11.1. The molecule has 0 spiro atoms. The summed E-state index contributed by atoms with van der Waals surface area (Å²) in [4.78, 5) is 31.2. The van der Waals surface area contributed by atoms with E-state index >= 15 is 0 Å². The lowest BCUT2D eigenvalue weighted by Crippen LogP contribution is -2.08. The summed E-state index contributed by atoms with van der Waals surface area (Å²) < 4.78 is 1.09. The van der Waals surface area contributed by atoms with Crippen molar-refractivity contribution in [3.05, 3.63) is 36.0 Å². The summed E-state index contributed by atoms with van der Waals surface area (Å²) in [6.07, 6.45) is 2.46. The first kappa shape index (κ1) is 15.4. The second-order valence-electron chi connectivity index (χ2n) is 4.08. The molecule has 0 saturated heterocycles. The van der Waals surface area contributed by atoms with Gasteiger partial charge < -0.3 is 10.8 Å². The molecule has 0 atom stereocenters. The maximum Gasteiger partial charge on any atom is 0.415 e. The van der Waals surface area contributed by atoms with Crippen molar-refractivity contribution in [1.82, 2.24) is 4.57 Å². The predicted octanol–water partition coefficient (Wildman–Crippen LogP) is 2.25. The minimum Gasteiger partial charge on any atom is -0.464 e. The fourth-order valence-corrected chi connectivity index (χ4v) is 1.71. The van der Waals surface area contributed by atoms with Crippen LogP contribution in [0.2, 0.25) is 0 Å². The van der Waals surface area contributed by atoms with Crippen LogP contribution < -0.4 is 5.73 Å². The molecular formula is C14H16N2O4. The Morgan fingerprint density at radius 1 is 1.35 bits per heavy atom. The lowest BCUT2D eigenvalue weighted by Gasteiger charge is -1.98. The van der Waals surface area contributed by atoms with Crippen LogP contribution in [0.4, 0.5) is 4.79 Å². The molecular weight excluding hydrogens is 260 g/mol. The third-order valence-electron chi connectivity index (χ3n) is 2.60. The van der Waals surface area contributed by atoms with Gasteiger partial charge in [0, 0.05) is 23.6 Å². The van der Waals surface area contributed by atoms with Gasteiger partial charge in [0.05, 0.1) is 5.52 Å². The Morgan fingerprint density at radius 3 is 2.50 bits per heavy atom. The Kier molecular flexibility index (Phi) is 5.46. The molecule has 1 heterocycles. The highest BCUT2D eigenvalue weighted by Gasteiger charge is 2.08. The lowest BCUT2D eigenvalue weighted by molar-refractivity contribution is -0.118. The maximum absolute atomic E-state index is 10.8. The molecule has 3 N–H and O–H groups in total. The number of fused-ring (bicyclic) bond motifs is 1. The van der Waals surface area contributed by atoms with E-state index in [1.807, 2.05) is 6.92 Å². The van der Waals surface area contributed by atoms with Crippen molar-refractivity contribution in [2.45, 2.75) is 19.8 Å². The second kappa shape index (κ2) is 7.08. The lowest BCUT2D eigenvalue weighted by atomic mass is 10.1. The number of aldehydes is 1. The SMILES string of the molecule is CCCC(N)=O.O=Cc1cccc2c1ccn2C(=O)O. The number of primary amides is 1. The van der Waals surface area contributed by atoms with Crippen molar-refractivity contribution in [2.75, 3.05) is 0 Å². The number of amides is 1. The number of rotatable bonds is 3. The number of hydrogen-bond acceptors (Lipinski definition) is 3. The summed E-state index contributed by atoms with van der Waals surface area (Å²) in [7, 11) is 0. The molecule has 1 aromatic heterocycles. The van der Waals surface area contributed by atoms with Gasteiger partial charge in [-0.1, -0.05) is 19.1 Å². The minimum absolute atomic E-state index is 0.211. The highest BCUT2D eigenvalue weighted by Crippen LogP contribution is 2.18. The average molecular weight is 276 g/mol. The monoisotopic (exact) mass is 276 g/mol. The molecule has 0 fully saturated rings. The number of hydrogen-bond donors (Lipinski definition) is 2. The van der Waals surface area contributed by atoms with E-state index in [1.165, 1.54) is 6.20 Å². The van der Waals surface area contributed by atoms with Gasteiger partial charge >= 0.3 is 6.09 Å². The quantitative estimate of drug-likeness (QED) is 0.839. The van der Waals surface area contributed by atoms with Gasteiger partial charge in [-0.3, -0.25) is 14.2 Å². The summed E-state index contributed by atoms with van der Waals surface area (Å²) in [6, 6.07) is 6.59. The molecule has 2 rings (SSSR count). The van der Waals surface area contributed by atoms with E-state index in [-0.39, 0.29) is 5.91 Å². The molecule has 0 radical (unpaired) electrons. The fraction of sp³-hybridized carbons (Fsp3) is 0.214. The number of carbonyl (C=O) groups is 3. The summed E-state index contributed by atoms with van der Waals surface area (Å²) in [6.45, 7) is 1.92. The molecule has 106 valence electrons. The second-order valence-corrected chi connectivity index (χ2v) is 4.08. The standard InChI is InChI=1S/C10H7NO3.C4H9NO/c12-6-7-2-1-3-9-8(7)4-5-11(9)10(13)14;1-2-3-4(5)6/h1-6H,(H,13,14);2-3H2,1H3,(H2,5,6). The Balaban J connectivity index is 0.000000286. The zero-order valence-electron chi connectivity index (χ0n) is 11.1.